The molecule has 1 N–H and O–H groups in total. The number of halogens is 2. The van der Waals surface area contributed by atoms with Crippen LogP contribution in [0.3, 0.4) is 0 Å². The van der Waals surface area contributed by atoms with Crippen LogP contribution in [0.4, 0.5) is 15.9 Å². The molecule has 4 rings (SSSR count). The van der Waals surface area contributed by atoms with Crippen LogP contribution in [0.15, 0.2) is 48.5 Å². The molecule has 1 aromatic heterocycles. The molecule has 0 bridgehead atoms. The van der Waals surface area contributed by atoms with Gasteiger partial charge in [-0.15, -0.1) is 0 Å². The highest BCUT2D eigenvalue weighted by molar-refractivity contribution is 6.30. The van der Waals surface area contributed by atoms with E-state index in [9.17, 15) is 9.18 Å². The van der Waals surface area contributed by atoms with E-state index in [0.717, 1.165) is 48.2 Å². The molecule has 1 aliphatic rings. The van der Waals surface area contributed by atoms with E-state index in [1.807, 2.05) is 18.2 Å². The first kappa shape index (κ1) is 23.2. The number of nitrogens with zero attached hydrogens (tertiary/aromatic N) is 3. The quantitative estimate of drug-likeness (QED) is 0.503. The van der Waals surface area contributed by atoms with Crippen molar-refractivity contribution >= 4 is 46.0 Å². The SMILES string of the molecule is Cc1cc(N2CCC(N(C)C)CC2)nc2ccc(NC(=O)C=Cc3ccc(Cl)cc3F)cc12. The summed E-state index contributed by atoms with van der Waals surface area (Å²) < 4.78 is 13.9. The van der Waals surface area contributed by atoms with Crippen LogP contribution in [0.2, 0.25) is 5.02 Å². The minimum absolute atomic E-state index is 0.301. The third-order valence-electron chi connectivity index (χ3n) is 6.17. The highest BCUT2D eigenvalue weighted by atomic mass is 35.5. The Labute approximate surface area is 198 Å². The number of benzene rings is 2. The maximum Gasteiger partial charge on any atom is 0.248 e. The largest absolute Gasteiger partial charge is 0.356 e. The maximum atomic E-state index is 13.9. The van der Waals surface area contributed by atoms with E-state index >= 15 is 0 Å². The van der Waals surface area contributed by atoms with Gasteiger partial charge in [0.05, 0.1) is 5.52 Å². The van der Waals surface area contributed by atoms with Crippen LogP contribution < -0.4 is 10.2 Å². The number of carbonyl (C=O) groups is 1. The third kappa shape index (κ3) is 5.52. The minimum Gasteiger partial charge on any atom is -0.356 e. The molecule has 1 amide bonds. The Kier molecular flexibility index (Phi) is 6.96. The lowest BCUT2D eigenvalue weighted by Gasteiger charge is -2.36. The molecule has 2 aromatic carbocycles. The summed E-state index contributed by atoms with van der Waals surface area (Å²) in [5.41, 5.74) is 2.98. The van der Waals surface area contributed by atoms with Crippen LogP contribution in [0.5, 0.6) is 0 Å². The first-order chi connectivity index (χ1) is 15.8. The molecule has 3 aromatic rings. The number of carbonyl (C=O) groups excluding carboxylic acids is 1. The molecule has 0 aliphatic carbocycles. The summed E-state index contributed by atoms with van der Waals surface area (Å²) in [4.78, 5) is 21.9. The molecule has 0 spiro atoms. The first-order valence-corrected chi connectivity index (χ1v) is 11.4. The van der Waals surface area contributed by atoms with Gasteiger partial charge in [0.25, 0.3) is 0 Å². The van der Waals surface area contributed by atoms with Crippen LogP contribution >= 0.6 is 11.6 Å². The number of nitrogens with one attached hydrogen (secondary N) is 1. The van der Waals surface area contributed by atoms with Crippen molar-refractivity contribution in [1.82, 2.24) is 9.88 Å². The van der Waals surface area contributed by atoms with Crippen LogP contribution in [0.25, 0.3) is 17.0 Å². The van der Waals surface area contributed by atoms with Gasteiger partial charge >= 0.3 is 0 Å². The topological polar surface area (TPSA) is 48.5 Å². The zero-order valence-corrected chi connectivity index (χ0v) is 19.9. The molecule has 0 saturated carbocycles. The number of fused-ring (bicyclic) bond motifs is 1. The van der Waals surface area contributed by atoms with Crippen molar-refractivity contribution in [1.29, 1.82) is 0 Å². The van der Waals surface area contributed by atoms with Gasteiger partial charge in [-0.3, -0.25) is 4.79 Å². The van der Waals surface area contributed by atoms with Gasteiger partial charge in [-0.1, -0.05) is 17.7 Å². The van der Waals surface area contributed by atoms with Crippen LogP contribution in [0, 0.1) is 12.7 Å². The number of amides is 1. The van der Waals surface area contributed by atoms with E-state index < -0.39 is 5.82 Å². The molecule has 1 saturated heterocycles. The number of pyridine rings is 1. The summed E-state index contributed by atoms with van der Waals surface area (Å²) in [5.74, 6) is 0.192. The molecule has 5 nitrogen and oxygen atoms in total. The normalized spacial score (nSPS) is 15.0. The van der Waals surface area contributed by atoms with Crippen molar-refractivity contribution < 1.29 is 9.18 Å². The van der Waals surface area contributed by atoms with Gasteiger partial charge in [0.1, 0.15) is 11.6 Å². The predicted molar refractivity (Wildman–Crippen MR) is 134 cm³/mol. The number of piperidine rings is 1. The maximum absolute atomic E-state index is 13.9. The second kappa shape index (κ2) is 9.89. The fourth-order valence-electron chi connectivity index (χ4n) is 4.21. The molecule has 1 fully saturated rings. The van der Waals surface area contributed by atoms with Gasteiger partial charge in [-0.2, -0.15) is 0 Å². The number of rotatable bonds is 5. The van der Waals surface area contributed by atoms with Crippen molar-refractivity contribution in [2.45, 2.75) is 25.8 Å². The Morgan fingerprint density at radius 1 is 1.18 bits per heavy atom. The van der Waals surface area contributed by atoms with E-state index in [2.05, 4.69) is 42.2 Å². The van der Waals surface area contributed by atoms with Crippen molar-refractivity contribution in [3.8, 4) is 0 Å². The Hall–Kier alpha value is -2.96. The second-order valence-electron chi connectivity index (χ2n) is 8.70. The lowest BCUT2D eigenvalue weighted by molar-refractivity contribution is -0.111. The molecule has 172 valence electrons. The van der Waals surface area contributed by atoms with Gasteiger partial charge in [-0.25, -0.2) is 9.37 Å². The Bertz CT molecular complexity index is 1200. The second-order valence-corrected chi connectivity index (χ2v) is 9.14. The smallest absolute Gasteiger partial charge is 0.248 e. The molecule has 1 aliphatic heterocycles. The van der Waals surface area contributed by atoms with Crippen LogP contribution in [0.1, 0.15) is 24.0 Å². The van der Waals surface area contributed by atoms with E-state index in [0.29, 0.717) is 22.3 Å². The monoisotopic (exact) mass is 466 g/mol. The Morgan fingerprint density at radius 2 is 1.94 bits per heavy atom. The fourth-order valence-corrected chi connectivity index (χ4v) is 4.37. The van der Waals surface area contributed by atoms with E-state index in [4.69, 9.17) is 16.6 Å². The van der Waals surface area contributed by atoms with Gasteiger partial charge in [-0.05, 0) is 81.9 Å². The lowest BCUT2D eigenvalue weighted by atomic mass is 10.0. The standard InChI is InChI=1S/C26H28ClFN4O/c1-17-14-25(32-12-10-21(11-13-32)31(2)3)30-24-8-7-20(16-22(17)24)29-26(33)9-5-18-4-6-19(27)15-23(18)28/h4-9,14-16,21H,10-13H2,1-3H3,(H,29,33). The van der Waals surface area contributed by atoms with Gasteiger partial charge in [0.2, 0.25) is 5.91 Å². The Balaban J connectivity index is 1.47. The number of hydrogen-bond donors (Lipinski definition) is 1. The van der Waals surface area contributed by atoms with Crippen LogP contribution in [-0.2, 0) is 4.79 Å². The molecule has 0 unspecified atom stereocenters. The number of hydrogen-bond acceptors (Lipinski definition) is 4. The summed E-state index contributed by atoms with van der Waals surface area (Å²) in [6.07, 6.45) is 5.00. The summed E-state index contributed by atoms with van der Waals surface area (Å²) in [6.45, 7) is 4.06. The Morgan fingerprint density at radius 3 is 2.64 bits per heavy atom. The molecule has 0 atom stereocenters. The predicted octanol–water partition coefficient (Wildman–Crippen LogP) is 5.52. The zero-order chi connectivity index (χ0) is 23.5. The van der Waals surface area contributed by atoms with Crippen molar-refractivity contribution in [2.75, 3.05) is 37.4 Å². The average molecular weight is 467 g/mol. The van der Waals surface area contributed by atoms with Crippen molar-refractivity contribution in [3.05, 3.63) is 70.5 Å². The van der Waals surface area contributed by atoms with Crippen molar-refractivity contribution in [2.24, 2.45) is 0 Å². The molecule has 0 radical (unpaired) electrons. The summed E-state index contributed by atoms with van der Waals surface area (Å²) >= 11 is 5.77. The van der Waals surface area contributed by atoms with E-state index in [1.165, 1.54) is 24.3 Å². The van der Waals surface area contributed by atoms with Crippen LogP contribution in [-0.4, -0.2) is 49.0 Å². The minimum atomic E-state index is -0.472. The summed E-state index contributed by atoms with van der Waals surface area (Å²) in [7, 11) is 4.28. The number of aromatic nitrogens is 1. The van der Waals surface area contributed by atoms with Crippen molar-refractivity contribution in [3.63, 3.8) is 0 Å². The molecular formula is C26H28ClFN4O. The summed E-state index contributed by atoms with van der Waals surface area (Å²) in [5, 5.41) is 4.15. The molecule has 7 heteroatoms. The van der Waals surface area contributed by atoms with Gasteiger partial charge in [0, 0.05) is 46.9 Å². The first-order valence-electron chi connectivity index (χ1n) is 11.1. The van der Waals surface area contributed by atoms with Gasteiger partial charge < -0.3 is 15.1 Å². The molecule has 2 heterocycles. The van der Waals surface area contributed by atoms with Gasteiger partial charge in [0.15, 0.2) is 0 Å². The highest BCUT2D eigenvalue weighted by Crippen LogP contribution is 2.27. The fraction of sp³-hybridized carbons (Fsp3) is 0.308. The third-order valence-corrected chi connectivity index (χ3v) is 6.40. The molecule has 33 heavy (non-hydrogen) atoms. The summed E-state index contributed by atoms with van der Waals surface area (Å²) in [6, 6.07) is 12.8. The highest BCUT2D eigenvalue weighted by Gasteiger charge is 2.22. The van der Waals surface area contributed by atoms with E-state index in [-0.39, 0.29) is 5.91 Å². The zero-order valence-electron chi connectivity index (χ0n) is 19.1. The number of aryl methyl sites for hydroxylation is 1. The number of anilines is 2. The molecular weight excluding hydrogens is 439 g/mol. The lowest BCUT2D eigenvalue weighted by Crippen LogP contribution is -2.42. The average Bonchev–Trinajstić information content (AvgIpc) is 2.79. The van der Waals surface area contributed by atoms with E-state index in [1.54, 1.807) is 6.07 Å².